The van der Waals surface area contributed by atoms with E-state index < -0.39 is 23.9 Å². The Morgan fingerprint density at radius 3 is 2.48 bits per heavy atom. The molecular formula is C15H20N2O6. The number of esters is 1. The average molecular weight is 324 g/mol. The molecule has 0 saturated heterocycles. The number of carboxylic acid groups (broad SMARTS) is 2. The lowest BCUT2D eigenvalue weighted by atomic mass is 10.1. The summed E-state index contributed by atoms with van der Waals surface area (Å²) in [5.41, 5.74) is 5.30. The lowest BCUT2D eigenvalue weighted by Crippen LogP contribution is -2.30. The SMILES string of the molecule is CC(=O)Oc1c(N[C@@H](CCCCN)C(=O)O)cccc1C(=O)O. The highest BCUT2D eigenvalue weighted by Gasteiger charge is 2.22. The summed E-state index contributed by atoms with van der Waals surface area (Å²) in [6, 6.07) is 3.23. The zero-order valence-corrected chi connectivity index (χ0v) is 12.7. The predicted molar refractivity (Wildman–Crippen MR) is 82.7 cm³/mol. The fourth-order valence-electron chi connectivity index (χ4n) is 2.01. The highest BCUT2D eigenvalue weighted by atomic mass is 16.5. The minimum absolute atomic E-state index is 0.139. The van der Waals surface area contributed by atoms with Crippen molar-refractivity contribution < 1.29 is 29.3 Å². The van der Waals surface area contributed by atoms with Crippen molar-refractivity contribution >= 4 is 23.6 Å². The lowest BCUT2D eigenvalue weighted by Gasteiger charge is -2.18. The van der Waals surface area contributed by atoms with Crippen LogP contribution < -0.4 is 15.8 Å². The van der Waals surface area contributed by atoms with E-state index in [1.54, 1.807) is 0 Å². The van der Waals surface area contributed by atoms with Crippen LogP contribution in [-0.4, -0.2) is 40.7 Å². The van der Waals surface area contributed by atoms with Gasteiger partial charge in [-0.1, -0.05) is 6.07 Å². The summed E-state index contributed by atoms with van der Waals surface area (Å²) < 4.78 is 4.95. The third-order valence-corrected chi connectivity index (χ3v) is 3.07. The molecule has 1 aromatic carbocycles. The Balaban J connectivity index is 3.08. The van der Waals surface area contributed by atoms with E-state index in [1.807, 2.05) is 0 Å². The Kier molecular flexibility index (Phi) is 7.01. The fraction of sp³-hybridized carbons (Fsp3) is 0.400. The first-order valence-electron chi connectivity index (χ1n) is 7.11. The fourth-order valence-corrected chi connectivity index (χ4v) is 2.01. The van der Waals surface area contributed by atoms with Crippen LogP contribution in [0, 0.1) is 0 Å². The van der Waals surface area contributed by atoms with Gasteiger partial charge in [0.25, 0.3) is 0 Å². The van der Waals surface area contributed by atoms with Gasteiger partial charge in [-0.3, -0.25) is 4.79 Å². The van der Waals surface area contributed by atoms with Crippen LogP contribution in [-0.2, 0) is 9.59 Å². The first-order chi connectivity index (χ1) is 10.9. The minimum Gasteiger partial charge on any atom is -0.480 e. The third-order valence-electron chi connectivity index (χ3n) is 3.07. The monoisotopic (exact) mass is 324 g/mol. The summed E-state index contributed by atoms with van der Waals surface area (Å²) in [6.45, 7) is 1.60. The second kappa shape index (κ2) is 8.74. The van der Waals surface area contributed by atoms with E-state index in [4.69, 9.17) is 10.5 Å². The van der Waals surface area contributed by atoms with Gasteiger partial charge in [0.1, 0.15) is 11.6 Å². The number of hydrogen-bond donors (Lipinski definition) is 4. The maximum absolute atomic E-state index is 11.3. The molecule has 0 bridgehead atoms. The van der Waals surface area contributed by atoms with Gasteiger partial charge in [0.05, 0.1) is 5.69 Å². The van der Waals surface area contributed by atoms with Crippen molar-refractivity contribution in [1.29, 1.82) is 0 Å². The van der Waals surface area contributed by atoms with Crippen molar-refractivity contribution in [3.63, 3.8) is 0 Å². The van der Waals surface area contributed by atoms with Gasteiger partial charge in [-0.15, -0.1) is 0 Å². The van der Waals surface area contributed by atoms with E-state index in [9.17, 15) is 24.6 Å². The van der Waals surface area contributed by atoms with Crippen LogP contribution >= 0.6 is 0 Å². The smallest absolute Gasteiger partial charge is 0.339 e. The highest BCUT2D eigenvalue weighted by molar-refractivity contribution is 5.95. The van der Waals surface area contributed by atoms with Crippen LogP contribution in [0.1, 0.15) is 36.5 Å². The molecule has 0 spiro atoms. The molecule has 0 fully saturated rings. The largest absolute Gasteiger partial charge is 0.480 e. The maximum Gasteiger partial charge on any atom is 0.339 e. The Morgan fingerprint density at radius 2 is 1.96 bits per heavy atom. The number of nitrogens with one attached hydrogen (secondary N) is 1. The van der Waals surface area contributed by atoms with Gasteiger partial charge in [0, 0.05) is 6.92 Å². The summed E-state index contributed by atoms with van der Waals surface area (Å²) in [5, 5.41) is 21.2. The molecule has 0 aliphatic heterocycles. The number of aliphatic carboxylic acids is 1. The Hall–Kier alpha value is -2.61. The summed E-state index contributed by atoms with van der Waals surface area (Å²) in [6.07, 6.45) is 1.59. The van der Waals surface area contributed by atoms with E-state index in [2.05, 4.69) is 5.32 Å². The maximum atomic E-state index is 11.3. The van der Waals surface area contributed by atoms with Gasteiger partial charge in [0.15, 0.2) is 5.75 Å². The molecule has 0 aliphatic rings. The number of hydrogen-bond acceptors (Lipinski definition) is 6. The second-order valence-electron chi connectivity index (χ2n) is 4.90. The van der Waals surface area contributed by atoms with Gasteiger partial charge in [-0.25, -0.2) is 9.59 Å². The van der Waals surface area contributed by atoms with Gasteiger partial charge < -0.3 is 26.0 Å². The zero-order valence-electron chi connectivity index (χ0n) is 12.7. The van der Waals surface area contributed by atoms with Crippen LogP contribution in [0.4, 0.5) is 5.69 Å². The molecule has 0 unspecified atom stereocenters. The number of aromatic carboxylic acids is 1. The van der Waals surface area contributed by atoms with Crippen LogP contribution in [0.15, 0.2) is 18.2 Å². The molecule has 0 aromatic heterocycles. The van der Waals surface area contributed by atoms with Gasteiger partial charge in [-0.2, -0.15) is 0 Å². The zero-order chi connectivity index (χ0) is 17.4. The number of anilines is 1. The molecular weight excluding hydrogens is 304 g/mol. The van der Waals surface area contributed by atoms with E-state index in [0.29, 0.717) is 25.8 Å². The standard InChI is InChI=1S/C15H20N2O6/c1-9(18)23-13-10(14(19)20)5-4-7-11(13)17-12(15(21)22)6-2-3-8-16/h4-5,7,12,17H,2-3,6,8,16H2,1H3,(H,19,20)(H,21,22)/t12-/m0/s1. The normalized spacial score (nSPS) is 11.6. The molecule has 0 aliphatic carbocycles. The third kappa shape index (κ3) is 5.59. The van der Waals surface area contributed by atoms with Crippen molar-refractivity contribution in [2.24, 2.45) is 5.73 Å². The van der Waals surface area contributed by atoms with Crippen LogP contribution in [0.3, 0.4) is 0 Å². The van der Waals surface area contributed by atoms with E-state index >= 15 is 0 Å². The van der Waals surface area contributed by atoms with Crippen molar-refractivity contribution in [2.75, 3.05) is 11.9 Å². The number of rotatable bonds is 9. The molecule has 8 heteroatoms. The van der Waals surface area contributed by atoms with E-state index in [1.165, 1.54) is 18.2 Å². The number of carboxylic acids is 2. The van der Waals surface area contributed by atoms with Crippen molar-refractivity contribution in [2.45, 2.75) is 32.2 Å². The van der Waals surface area contributed by atoms with Crippen LogP contribution in [0.2, 0.25) is 0 Å². The molecule has 1 atom stereocenters. The highest BCUT2D eigenvalue weighted by Crippen LogP contribution is 2.30. The number of para-hydroxylation sites is 1. The number of ether oxygens (including phenoxy) is 1. The second-order valence-corrected chi connectivity index (χ2v) is 4.90. The van der Waals surface area contributed by atoms with Crippen LogP contribution in [0.5, 0.6) is 5.75 Å². The Morgan fingerprint density at radius 1 is 1.26 bits per heavy atom. The molecule has 126 valence electrons. The number of carbonyl (C=O) groups excluding carboxylic acids is 1. The average Bonchev–Trinajstić information content (AvgIpc) is 2.46. The first-order valence-corrected chi connectivity index (χ1v) is 7.11. The number of nitrogens with two attached hydrogens (primary N) is 1. The minimum atomic E-state index is -1.28. The Labute approximate surface area is 133 Å². The molecule has 8 nitrogen and oxygen atoms in total. The van der Waals surface area contributed by atoms with Crippen molar-refractivity contribution in [3.05, 3.63) is 23.8 Å². The molecule has 5 N–H and O–H groups in total. The molecule has 0 amide bonds. The quantitative estimate of drug-likeness (QED) is 0.303. The van der Waals surface area contributed by atoms with Crippen molar-refractivity contribution in [3.8, 4) is 5.75 Å². The predicted octanol–water partition coefficient (Wildman–Crippen LogP) is 1.30. The molecule has 0 heterocycles. The van der Waals surface area contributed by atoms with Crippen molar-refractivity contribution in [1.82, 2.24) is 0 Å². The molecule has 0 saturated carbocycles. The van der Waals surface area contributed by atoms with Crippen LogP contribution in [0.25, 0.3) is 0 Å². The summed E-state index contributed by atoms with van der Waals surface area (Å²) in [5.74, 6) is -3.26. The lowest BCUT2D eigenvalue weighted by molar-refractivity contribution is -0.138. The van der Waals surface area contributed by atoms with E-state index in [-0.39, 0.29) is 17.0 Å². The molecule has 1 aromatic rings. The van der Waals surface area contributed by atoms with Gasteiger partial charge in [-0.05, 0) is 37.9 Å². The Bertz CT molecular complexity index is 587. The number of carbonyl (C=O) groups is 3. The molecule has 0 radical (unpaired) electrons. The number of benzene rings is 1. The summed E-state index contributed by atoms with van der Waals surface area (Å²) in [7, 11) is 0. The van der Waals surface area contributed by atoms with Gasteiger partial charge in [0.2, 0.25) is 0 Å². The molecule has 1 rings (SSSR count). The first kappa shape index (κ1) is 18.4. The molecule has 23 heavy (non-hydrogen) atoms. The van der Waals surface area contributed by atoms with Gasteiger partial charge >= 0.3 is 17.9 Å². The van der Waals surface area contributed by atoms with E-state index in [0.717, 1.165) is 6.92 Å². The summed E-state index contributed by atoms with van der Waals surface area (Å²) in [4.78, 5) is 33.8. The number of unbranched alkanes of at least 4 members (excludes halogenated alkanes) is 1. The summed E-state index contributed by atoms with van der Waals surface area (Å²) >= 11 is 0. The topological polar surface area (TPSA) is 139 Å².